The third-order valence-electron chi connectivity index (χ3n) is 4.20. The van der Waals surface area contributed by atoms with Crippen molar-refractivity contribution in [3.8, 4) is 5.75 Å². The van der Waals surface area contributed by atoms with Crippen LogP contribution in [0.25, 0.3) is 0 Å². The molecule has 140 valence electrons. The van der Waals surface area contributed by atoms with Gasteiger partial charge in [0.25, 0.3) is 5.91 Å². The van der Waals surface area contributed by atoms with Crippen LogP contribution in [0.5, 0.6) is 5.75 Å². The summed E-state index contributed by atoms with van der Waals surface area (Å²) in [5.41, 5.74) is -0.164. The van der Waals surface area contributed by atoms with E-state index in [9.17, 15) is 9.59 Å². The minimum atomic E-state index is -0.925. The van der Waals surface area contributed by atoms with Crippen LogP contribution in [0.2, 0.25) is 0 Å². The summed E-state index contributed by atoms with van der Waals surface area (Å²) in [4.78, 5) is 24.6. The van der Waals surface area contributed by atoms with Gasteiger partial charge in [0.1, 0.15) is 16.9 Å². The van der Waals surface area contributed by atoms with Gasteiger partial charge in [0.15, 0.2) is 0 Å². The number of benzene rings is 1. The van der Waals surface area contributed by atoms with Crippen molar-refractivity contribution in [1.82, 2.24) is 0 Å². The first kappa shape index (κ1) is 21.0. The quantitative estimate of drug-likeness (QED) is 0.685. The van der Waals surface area contributed by atoms with E-state index in [1.165, 1.54) is 14.2 Å². The molecule has 6 heteroatoms. The Hall–Kier alpha value is -2.08. The Kier molecular flexibility index (Phi) is 7.90. The standard InChI is InChI=1S/C19H29NO5/c1-7-11-19(4,24-6)18(22)20-14-9-10-16(25-13(3)8-2)15(12-14)17(21)23-5/h9-10,12-13H,7-8,11H2,1-6H3,(H,20,22). The van der Waals surface area contributed by atoms with Crippen LogP contribution in [-0.4, -0.2) is 37.8 Å². The molecule has 1 aromatic rings. The molecule has 1 rings (SSSR count). The molecule has 0 aliphatic heterocycles. The average Bonchev–Trinajstić information content (AvgIpc) is 2.61. The molecule has 2 atom stereocenters. The highest BCUT2D eigenvalue weighted by Gasteiger charge is 2.32. The maximum Gasteiger partial charge on any atom is 0.341 e. The molecule has 0 aromatic heterocycles. The van der Waals surface area contributed by atoms with Crippen LogP contribution in [-0.2, 0) is 14.3 Å². The van der Waals surface area contributed by atoms with E-state index < -0.39 is 11.6 Å². The topological polar surface area (TPSA) is 73.9 Å². The molecule has 2 unspecified atom stereocenters. The third kappa shape index (κ3) is 5.46. The van der Waals surface area contributed by atoms with E-state index in [2.05, 4.69) is 5.32 Å². The van der Waals surface area contributed by atoms with E-state index in [4.69, 9.17) is 14.2 Å². The van der Waals surface area contributed by atoms with Crippen LogP contribution in [0, 0.1) is 0 Å². The molecule has 0 spiro atoms. The number of carbonyl (C=O) groups excluding carboxylic acids is 2. The number of rotatable bonds is 9. The maximum absolute atomic E-state index is 12.5. The van der Waals surface area contributed by atoms with Gasteiger partial charge in [0.05, 0.1) is 13.2 Å². The van der Waals surface area contributed by atoms with Gasteiger partial charge >= 0.3 is 5.97 Å². The molecule has 0 aliphatic rings. The predicted octanol–water partition coefficient (Wildman–Crippen LogP) is 3.79. The van der Waals surface area contributed by atoms with Crippen molar-refractivity contribution in [2.24, 2.45) is 0 Å². The molecule has 0 radical (unpaired) electrons. The second-order valence-electron chi connectivity index (χ2n) is 6.18. The van der Waals surface area contributed by atoms with Crippen LogP contribution in [0.4, 0.5) is 5.69 Å². The van der Waals surface area contributed by atoms with Gasteiger partial charge in [-0.1, -0.05) is 20.3 Å². The molecule has 0 aliphatic carbocycles. The summed E-state index contributed by atoms with van der Waals surface area (Å²) >= 11 is 0. The van der Waals surface area contributed by atoms with Gasteiger partial charge in [-0.25, -0.2) is 4.79 Å². The lowest BCUT2D eigenvalue weighted by Gasteiger charge is -2.26. The van der Waals surface area contributed by atoms with E-state index in [-0.39, 0.29) is 17.6 Å². The van der Waals surface area contributed by atoms with Crippen LogP contribution in [0.15, 0.2) is 18.2 Å². The van der Waals surface area contributed by atoms with Crippen molar-refractivity contribution in [1.29, 1.82) is 0 Å². The number of esters is 1. The Bertz CT molecular complexity index is 601. The van der Waals surface area contributed by atoms with E-state index in [1.54, 1.807) is 25.1 Å². The summed E-state index contributed by atoms with van der Waals surface area (Å²) in [7, 11) is 2.82. The fourth-order valence-corrected chi connectivity index (χ4v) is 2.33. The lowest BCUT2D eigenvalue weighted by atomic mass is 9.99. The van der Waals surface area contributed by atoms with Crippen molar-refractivity contribution < 1.29 is 23.8 Å². The van der Waals surface area contributed by atoms with Gasteiger partial charge in [-0.05, 0) is 44.9 Å². The first-order chi connectivity index (χ1) is 11.8. The average molecular weight is 351 g/mol. The molecule has 1 N–H and O–H groups in total. The first-order valence-electron chi connectivity index (χ1n) is 8.56. The minimum absolute atomic E-state index is 0.0369. The van der Waals surface area contributed by atoms with E-state index in [1.807, 2.05) is 20.8 Å². The zero-order chi connectivity index (χ0) is 19.0. The Morgan fingerprint density at radius 3 is 2.44 bits per heavy atom. The molecular weight excluding hydrogens is 322 g/mol. The molecule has 1 amide bonds. The Balaban J connectivity index is 3.09. The molecule has 0 bridgehead atoms. The highest BCUT2D eigenvalue weighted by molar-refractivity contribution is 5.99. The lowest BCUT2D eigenvalue weighted by molar-refractivity contribution is -0.136. The van der Waals surface area contributed by atoms with Gasteiger partial charge in [-0.15, -0.1) is 0 Å². The summed E-state index contributed by atoms with van der Waals surface area (Å²) in [6, 6.07) is 4.92. The molecular formula is C19H29NO5. The predicted molar refractivity (Wildman–Crippen MR) is 97.1 cm³/mol. The van der Waals surface area contributed by atoms with Gasteiger partial charge in [0.2, 0.25) is 0 Å². The Morgan fingerprint density at radius 1 is 1.24 bits per heavy atom. The van der Waals surface area contributed by atoms with Crippen LogP contribution >= 0.6 is 0 Å². The second kappa shape index (κ2) is 9.42. The van der Waals surface area contributed by atoms with Gasteiger partial charge in [-0.2, -0.15) is 0 Å². The monoisotopic (exact) mass is 351 g/mol. The highest BCUT2D eigenvalue weighted by atomic mass is 16.5. The lowest BCUT2D eigenvalue weighted by Crippen LogP contribution is -2.41. The minimum Gasteiger partial charge on any atom is -0.490 e. The van der Waals surface area contributed by atoms with E-state index in [0.717, 1.165) is 12.8 Å². The number of methoxy groups -OCH3 is 2. The van der Waals surface area contributed by atoms with Crippen molar-refractivity contribution in [2.45, 2.75) is 58.7 Å². The fourth-order valence-electron chi connectivity index (χ4n) is 2.33. The molecule has 0 heterocycles. The molecule has 25 heavy (non-hydrogen) atoms. The van der Waals surface area contributed by atoms with E-state index >= 15 is 0 Å². The fraction of sp³-hybridized carbons (Fsp3) is 0.579. The van der Waals surface area contributed by atoms with Crippen LogP contribution in [0.3, 0.4) is 0 Å². The number of amides is 1. The molecule has 0 saturated heterocycles. The number of carbonyl (C=O) groups is 2. The van der Waals surface area contributed by atoms with Gasteiger partial charge in [0, 0.05) is 12.8 Å². The van der Waals surface area contributed by atoms with Crippen LogP contribution in [0.1, 0.15) is 57.3 Å². The largest absolute Gasteiger partial charge is 0.490 e. The number of hydrogen-bond donors (Lipinski definition) is 1. The normalized spacial score (nSPS) is 14.3. The zero-order valence-electron chi connectivity index (χ0n) is 16.0. The number of nitrogens with one attached hydrogen (secondary N) is 1. The summed E-state index contributed by atoms with van der Waals surface area (Å²) in [6.07, 6.45) is 2.18. The van der Waals surface area contributed by atoms with Crippen LogP contribution < -0.4 is 10.1 Å². The number of hydrogen-bond acceptors (Lipinski definition) is 5. The van der Waals surface area contributed by atoms with Crippen molar-refractivity contribution in [3.63, 3.8) is 0 Å². The SMILES string of the molecule is CCCC(C)(OC)C(=O)Nc1ccc(OC(C)CC)c(C(=O)OC)c1. The number of anilines is 1. The maximum atomic E-state index is 12.5. The van der Waals surface area contributed by atoms with Crippen molar-refractivity contribution >= 4 is 17.6 Å². The third-order valence-corrected chi connectivity index (χ3v) is 4.20. The van der Waals surface area contributed by atoms with Crippen molar-refractivity contribution in [3.05, 3.63) is 23.8 Å². The summed E-state index contributed by atoms with van der Waals surface area (Å²) in [6.45, 7) is 7.65. The second-order valence-corrected chi connectivity index (χ2v) is 6.18. The molecule has 1 aromatic carbocycles. The zero-order valence-corrected chi connectivity index (χ0v) is 16.0. The van der Waals surface area contributed by atoms with Gasteiger partial charge in [-0.3, -0.25) is 4.79 Å². The Labute approximate surface area is 149 Å². The summed E-state index contributed by atoms with van der Waals surface area (Å²) < 4.78 is 16.0. The van der Waals surface area contributed by atoms with E-state index in [0.29, 0.717) is 17.9 Å². The number of ether oxygens (including phenoxy) is 3. The summed E-state index contributed by atoms with van der Waals surface area (Å²) in [5, 5.41) is 2.80. The molecule has 6 nitrogen and oxygen atoms in total. The highest BCUT2D eigenvalue weighted by Crippen LogP contribution is 2.27. The molecule has 0 fully saturated rings. The smallest absolute Gasteiger partial charge is 0.341 e. The molecule has 0 saturated carbocycles. The summed E-state index contributed by atoms with van der Waals surface area (Å²) in [5.74, 6) is -0.344. The van der Waals surface area contributed by atoms with Crippen molar-refractivity contribution in [2.75, 3.05) is 19.5 Å². The van der Waals surface area contributed by atoms with Gasteiger partial charge < -0.3 is 19.5 Å². The first-order valence-corrected chi connectivity index (χ1v) is 8.56. The Morgan fingerprint density at radius 2 is 1.92 bits per heavy atom.